The van der Waals surface area contributed by atoms with Gasteiger partial charge in [0, 0.05) is 36.8 Å². The van der Waals surface area contributed by atoms with Crippen molar-refractivity contribution in [3.63, 3.8) is 0 Å². The molecule has 0 amide bonds. The van der Waals surface area contributed by atoms with E-state index in [4.69, 9.17) is 9.47 Å². The third kappa shape index (κ3) is 4.90. The van der Waals surface area contributed by atoms with E-state index in [1.165, 1.54) is 0 Å². The Hall–Kier alpha value is -2.84. The zero-order valence-electron chi connectivity index (χ0n) is 16.0. The molecule has 1 atom stereocenters. The fraction of sp³-hybridized carbons (Fsp3) is 0.350. The molecular formula is C20H25FN4O3. The number of hydrogen-bond acceptors (Lipinski definition) is 7. The summed E-state index contributed by atoms with van der Waals surface area (Å²) in [6, 6.07) is 10.4. The molecule has 1 aliphatic rings. The number of aliphatic hydroxyl groups is 1. The minimum Gasteiger partial charge on any atom is -0.497 e. The molecule has 2 aromatic rings. The van der Waals surface area contributed by atoms with Crippen molar-refractivity contribution in [3.8, 4) is 11.5 Å². The molecule has 0 saturated heterocycles. The molecule has 0 aliphatic carbocycles. The lowest BCUT2D eigenvalue weighted by Gasteiger charge is -2.17. The first-order chi connectivity index (χ1) is 13.6. The highest BCUT2D eigenvalue weighted by Gasteiger charge is 2.16. The van der Waals surface area contributed by atoms with Crippen LogP contribution in [0.15, 0.2) is 41.4 Å². The van der Waals surface area contributed by atoms with Crippen molar-refractivity contribution < 1.29 is 19.0 Å². The Balaban J connectivity index is 1.65. The van der Waals surface area contributed by atoms with E-state index in [0.717, 1.165) is 12.1 Å². The second-order valence-electron chi connectivity index (χ2n) is 6.34. The van der Waals surface area contributed by atoms with Gasteiger partial charge >= 0.3 is 0 Å². The van der Waals surface area contributed by atoms with E-state index in [1.807, 2.05) is 12.1 Å². The molecule has 0 aromatic heterocycles. The van der Waals surface area contributed by atoms with Crippen molar-refractivity contribution in [3.05, 3.63) is 58.9 Å². The van der Waals surface area contributed by atoms with E-state index in [0.29, 0.717) is 36.1 Å². The molecule has 28 heavy (non-hydrogen) atoms. The van der Waals surface area contributed by atoms with Gasteiger partial charge in [0.05, 0.1) is 20.8 Å². The Morgan fingerprint density at radius 1 is 1.18 bits per heavy atom. The van der Waals surface area contributed by atoms with Crippen LogP contribution in [-0.4, -0.2) is 38.4 Å². The van der Waals surface area contributed by atoms with Crippen LogP contribution in [0.25, 0.3) is 0 Å². The van der Waals surface area contributed by atoms with Crippen molar-refractivity contribution in [2.75, 3.05) is 27.3 Å². The smallest absolute Gasteiger partial charge is 0.191 e. The van der Waals surface area contributed by atoms with E-state index in [2.05, 4.69) is 20.9 Å². The highest BCUT2D eigenvalue weighted by atomic mass is 19.1. The number of hydrogen-bond donors (Lipinski definition) is 4. The lowest BCUT2D eigenvalue weighted by atomic mass is 10.1. The molecule has 0 radical (unpaired) electrons. The number of nitrogens with one attached hydrogen (secondary N) is 3. The van der Waals surface area contributed by atoms with Gasteiger partial charge in [-0.15, -0.1) is 0 Å². The molecule has 7 nitrogen and oxygen atoms in total. The highest BCUT2D eigenvalue weighted by Crippen LogP contribution is 2.24. The molecule has 3 rings (SSSR count). The van der Waals surface area contributed by atoms with Gasteiger partial charge < -0.3 is 25.2 Å². The monoisotopic (exact) mass is 388 g/mol. The molecule has 1 unspecified atom stereocenters. The van der Waals surface area contributed by atoms with Crippen LogP contribution in [0.2, 0.25) is 0 Å². The summed E-state index contributed by atoms with van der Waals surface area (Å²) >= 11 is 0. The van der Waals surface area contributed by atoms with Gasteiger partial charge in [-0.2, -0.15) is 0 Å². The molecule has 2 aromatic carbocycles. The lowest BCUT2D eigenvalue weighted by Crippen LogP contribution is -2.33. The first-order valence-corrected chi connectivity index (χ1v) is 9.03. The van der Waals surface area contributed by atoms with Gasteiger partial charge in [0.1, 0.15) is 23.5 Å². The van der Waals surface area contributed by atoms with E-state index in [-0.39, 0.29) is 12.1 Å². The third-order valence-electron chi connectivity index (χ3n) is 4.43. The third-order valence-corrected chi connectivity index (χ3v) is 4.43. The van der Waals surface area contributed by atoms with Crippen molar-refractivity contribution in [2.24, 2.45) is 4.99 Å². The van der Waals surface area contributed by atoms with Gasteiger partial charge in [-0.3, -0.25) is 10.3 Å². The molecule has 4 N–H and O–H groups in total. The van der Waals surface area contributed by atoms with Gasteiger partial charge in [0.25, 0.3) is 0 Å². The highest BCUT2D eigenvalue weighted by molar-refractivity contribution is 5.81. The number of rotatable bonds is 8. The maximum atomic E-state index is 14.8. The SMILES string of the molecule is COc1cc(CNC(O)c2cccc(CNC3=NCCN3)c2F)cc(OC)c1. The standard InChI is InChI=1S/C20H25FN4O3/c1-27-15-8-13(9-16(10-15)28-2)11-24-19(26)17-5-3-4-14(18(17)21)12-25-20-22-6-7-23-20/h3-5,8-10,19,24,26H,6-7,11-12H2,1-2H3,(H2,22,23,25). The summed E-state index contributed by atoms with van der Waals surface area (Å²) in [7, 11) is 3.14. The number of ether oxygens (including phenoxy) is 2. The topological polar surface area (TPSA) is 87.1 Å². The van der Waals surface area contributed by atoms with Gasteiger partial charge in [-0.1, -0.05) is 18.2 Å². The zero-order valence-corrected chi connectivity index (χ0v) is 16.0. The number of halogens is 1. The second-order valence-corrected chi connectivity index (χ2v) is 6.34. The number of nitrogens with zero attached hydrogens (tertiary/aromatic N) is 1. The number of methoxy groups -OCH3 is 2. The fourth-order valence-corrected chi connectivity index (χ4v) is 2.94. The Bertz CT molecular complexity index is 822. The minimum absolute atomic E-state index is 0.190. The predicted molar refractivity (Wildman–Crippen MR) is 105 cm³/mol. The average Bonchev–Trinajstić information content (AvgIpc) is 3.24. The summed E-state index contributed by atoms with van der Waals surface area (Å²) in [5.74, 6) is 1.51. The Kier molecular flexibility index (Phi) is 6.67. The summed E-state index contributed by atoms with van der Waals surface area (Å²) in [4.78, 5) is 4.22. The van der Waals surface area contributed by atoms with Crippen LogP contribution in [0.4, 0.5) is 4.39 Å². The first-order valence-electron chi connectivity index (χ1n) is 9.03. The summed E-state index contributed by atoms with van der Waals surface area (Å²) in [5, 5.41) is 19.5. The Labute approximate surface area is 163 Å². The molecule has 0 saturated carbocycles. The average molecular weight is 388 g/mol. The molecule has 0 fully saturated rings. The Morgan fingerprint density at radius 3 is 2.57 bits per heavy atom. The van der Waals surface area contributed by atoms with Crippen molar-refractivity contribution in [2.45, 2.75) is 19.3 Å². The van der Waals surface area contributed by atoms with Crippen molar-refractivity contribution in [1.29, 1.82) is 0 Å². The minimum atomic E-state index is -1.15. The van der Waals surface area contributed by atoms with Crippen LogP contribution >= 0.6 is 0 Å². The predicted octanol–water partition coefficient (Wildman–Crippen LogP) is 1.67. The van der Waals surface area contributed by atoms with Crippen LogP contribution in [0.3, 0.4) is 0 Å². The van der Waals surface area contributed by atoms with Crippen LogP contribution in [0, 0.1) is 5.82 Å². The molecule has 0 bridgehead atoms. The van der Waals surface area contributed by atoms with Gasteiger partial charge in [0.15, 0.2) is 5.96 Å². The van der Waals surface area contributed by atoms with Gasteiger partial charge in [0.2, 0.25) is 0 Å². The molecule has 150 valence electrons. The van der Waals surface area contributed by atoms with E-state index < -0.39 is 12.0 Å². The van der Waals surface area contributed by atoms with Gasteiger partial charge in [-0.25, -0.2) is 4.39 Å². The van der Waals surface area contributed by atoms with E-state index in [9.17, 15) is 9.50 Å². The summed E-state index contributed by atoms with van der Waals surface area (Å²) in [5.41, 5.74) is 1.49. The second kappa shape index (κ2) is 9.38. The summed E-state index contributed by atoms with van der Waals surface area (Å²) in [6.45, 7) is 2.09. The molecule has 0 spiro atoms. The number of guanidine groups is 1. The zero-order chi connectivity index (χ0) is 19.9. The molecule has 8 heteroatoms. The first kappa shape index (κ1) is 19.9. The largest absolute Gasteiger partial charge is 0.497 e. The Morgan fingerprint density at radius 2 is 1.93 bits per heavy atom. The fourth-order valence-electron chi connectivity index (χ4n) is 2.94. The molecule has 1 aliphatic heterocycles. The van der Waals surface area contributed by atoms with Crippen LogP contribution in [0.1, 0.15) is 22.9 Å². The number of aliphatic imine (C=N–C) groups is 1. The maximum absolute atomic E-state index is 14.8. The quantitative estimate of drug-likeness (QED) is 0.515. The van der Waals surface area contributed by atoms with Crippen molar-refractivity contribution >= 4 is 5.96 Å². The normalized spacial score (nSPS) is 14.2. The lowest BCUT2D eigenvalue weighted by molar-refractivity contribution is 0.132. The number of benzene rings is 2. The summed E-state index contributed by atoms with van der Waals surface area (Å²) < 4.78 is 25.3. The van der Waals surface area contributed by atoms with Crippen LogP contribution < -0.4 is 25.4 Å². The van der Waals surface area contributed by atoms with Gasteiger partial charge in [-0.05, 0) is 17.7 Å². The van der Waals surface area contributed by atoms with Crippen LogP contribution in [0.5, 0.6) is 11.5 Å². The van der Waals surface area contributed by atoms with Crippen LogP contribution in [-0.2, 0) is 13.1 Å². The molecule has 1 heterocycles. The number of aliphatic hydroxyl groups excluding tert-OH is 1. The van der Waals surface area contributed by atoms with Crippen molar-refractivity contribution in [1.82, 2.24) is 16.0 Å². The maximum Gasteiger partial charge on any atom is 0.191 e. The summed E-state index contributed by atoms with van der Waals surface area (Å²) in [6.07, 6.45) is -1.15. The molecular weight excluding hydrogens is 363 g/mol. The van der Waals surface area contributed by atoms with E-state index in [1.54, 1.807) is 38.5 Å². The van der Waals surface area contributed by atoms with E-state index >= 15 is 0 Å².